The number of aryl methyl sites for hydroxylation is 1. The average molecular weight is 256 g/mol. The molecule has 5 heteroatoms. The topological polar surface area (TPSA) is 53.4 Å². The third kappa shape index (κ3) is 3.19. The summed E-state index contributed by atoms with van der Waals surface area (Å²) < 4.78 is 0. The van der Waals surface area contributed by atoms with Gasteiger partial charge in [-0.2, -0.15) is 0 Å². The van der Waals surface area contributed by atoms with Crippen molar-refractivity contribution < 1.29 is 9.90 Å². The first-order valence-electron chi connectivity index (χ1n) is 6.00. The van der Waals surface area contributed by atoms with Gasteiger partial charge in [-0.25, -0.2) is 9.78 Å². The molecule has 0 saturated heterocycles. The molecule has 4 nitrogen and oxygen atoms in total. The van der Waals surface area contributed by atoms with Crippen LogP contribution in [-0.4, -0.2) is 28.6 Å². The normalized spacial score (nSPS) is 10.9. The lowest BCUT2D eigenvalue weighted by Crippen LogP contribution is -2.31. The van der Waals surface area contributed by atoms with Crippen molar-refractivity contribution in [3.05, 3.63) is 10.6 Å². The Kier molecular flexibility index (Phi) is 4.93. The second-order valence-electron chi connectivity index (χ2n) is 4.22. The van der Waals surface area contributed by atoms with E-state index in [1.54, 1.807) is 0 Å². The van der Waals surface area contributed by atoms with Crippen LogP contribution in [0.15, 0.2) is 0 Å². The van der Waals surface area contributed by atoms with Crippen molar-refractivity contribution in [1.29, 1.82) is 0 Å². The molecular weight excluding hydrogens is 236 g/mol. The van der Waals surface area contributed by atoms with Crippen LogP contribution in [0, 0.1) is 0 Å². The Morgan fingerprint density at radius 2 is 2.12 bits per heavy atom. The highest BCUT2D eigenvalue weighted by molar-refractivity contribution is 7.17. The first kappa shape index (κ1) is 14.0. The molecule has 0 amide bonds. The van der Waals surface area contributed by atoms with Crippen LogP contribution in [-0.2, 0) is 6.42 Å². The lowest BCUT2D eigenvalue weighted by atomic mass is 10.3. The van der Waals surface area contributed by atoms with E-state index in [2.05, 4.69) is 30.7 Å². The maximum absolute atomic E-state index is 11.1. The fraction of sp³-hybridized carbons (Fsp3) is 0.667. The number of thiazole rings is 1. The Hall–Kier alpha value is -1.10. The second kappa shape index (κ2) is 6.00. The first-order chi connectivity index (χ1) is 8.01. The molecule has 1 aromatic heterocycles. The van der Waals surface area contributed by atoms with Gasteiger partial charge < -0.3 is 10.0 Å². The summed E-state index contributed by atoms with van der Waals surface area (Å²) in [5, 5.41) is 9.94. The van der Waals surface area contributed by atoms with E-state index < -0.39 is 5.97 Å². The van der Waals surface area contributed by atoms with Crippen LogP contribution < -0.4 is 4.90 Å². The van der Waals surface area contributed by atoms with Crippen molar-refractivity contribution in [3.63, 3.8) is 0 Å². The van der Waals surface area contributed by atoms with E-state index in [-0.39, 0.29) is 0 Å². The summed E-state index contributed by atoms with van der Waals surface area (Å²) in [6.45, 7) is 9.16. The zero-order valence-electron chi connectivity index (χ0n) is 10.9. The lowest BCUT2D eigenvalue weighted by Gasteiger charge is -2.25. The van der Waals surface area contributed by atoms with E-state index in [1.807, 2.05) is 6.92 Å². The SMILES string of the molecule is CCCN(c1nc(CC)c(C(=O)O)s1)C(C)C. The lowest BCUT2D eigenvalue weighted by molar-refractivity contribution is 0.0701. The zero-order valence-corrected chi connectivity index (χ0v) is 11.7. The summed E-state index contributed by atoms with van der Waals surface area (Å²) in [5.41, 5.74) is 0.694. The molecule has 0 aliphatic heterocycles. The largest absolute Gasteiger partial charge is 0.477 e. The van der Waals surface area contributed by atoms with Crippen molar-refractivity contribution in [2.75, 3.05) is 11.4 Å². The van der Waals surface area contributed by atoms with Crippen LogP contribution in [0.4, 0.5) is 5.13 Å². The number of carboxylic acid groups (broad SMARTS) is 1. The van der Waals surface area contributed by atoms with Crippen LogP contribution in [0.25, 0.3) is 0 Å². The fourth-order valence-corrected chi connectivity index (χ4v) is 2.84. The van der Waals surface area contributed by atoms with Crippen molar-refractivity contribution >= 4 is 22.4 Å². The summed E-state index contributed by atoms with van der Waals surface area (Å²) >= 11 is 1.28. The van der Waals surface area contributed by atoms with Crippen LogP contribution in [0.3, 0.4) is 0 Å². The molecule has 0 aliphatic rings. The van der Waals surface area contributed by atoms with Gasteiger partial charge in [0, 0.05) is 12.6 Å². The van der Waals surface area contributed by atoms with Gasteiger partial charge in [-0.1, -0.05) is 25.2 Å². The zero-order chi connectivity index (χ0) is 13.0. The van der Waals surface area contributed by atoms with Crippen molar-refractivity contribution in [2.24, 2.45) is 0 Å². The Labute approximate surface area is 106 Å². The molecule has 1 heterocycles. The minimum atomic E-state index is -0.870. The summed E-state index contributed by atoms with van der Waals surface area (Å²) in [6.07, 6.45) is 1.69. The maximum Gasteiger partial charge on any atom is 0.347 e. The molecule has 96 valence electrons. The smallest absolute Gasteiger partial charge is 0.347 e. The minimum absolute atomic E-state index is 0.340. The molecule has 17 heavy (non-hydrogen) atoms. The molecule has 1 rings (SSSR count). The molecule has 0 saturated carbocycles. The van der Waals surface area contributed by atoms with Crippen molar-refractivity contribution in [1.82, 2.24) is 4.98 Å². The summed E-state index contributed by atoms with van der Waals surface area (Å²) in [5.74, 6) is -0.870. The van der Waals surface area contributed by atoms with Gasteiger partial charge in [0.15, 0.2) is 5.13 Å². The minimum Gasteiger partial charge on any atom is -0.477 e. The van der Waals surface area contributed by atoms with E-state index >= 15 is 0 Å². The van der Waals surface area contributed by atoms with Gasteiger partial charge in [0.1, 0.15) is 4.88 Å². The monoisotopic (exact) mass is 256 g/mol. The molecule has 0 fully saturated rings. The Bertz CT molecular complexity index is 388. The summed E-state index contributed by atoms with van der Waals surface area (Å²) in [4.78, 5) is 18.1. The van der Waals surface area contributed by atoms with Crippen LogP contribution in [0.5, 0.6) is 0 Å². The first-order valence-corrected chi connectivity index (χ1v) is 6.82. The Morgan fingerprint density at radius 1 is 1.47 bits per heavy atom. The van der Waals surface area contributed by atoms with E-state index in [0.29, 0.717) is 23.0 Å². The van der Waals surface area contributed by atoms with Gasteiger partial charge in [-0.15, -0.1) is 0 Å². The van der Waals surface area contributed by atoms with Gasteiger partial charge in [-0.05, 0) is 26.7 Å². The predicted octanol–water partition coefficient (Wildman–Crippen LogP) is 3.03. The molecule has 0 atom stereocenters. The molecule has 0 unspecified atom stereocenters. The van der Waals surface area contributed by atoms with E-state index in [1.165, 1.54) is 11.3 Å². The molecule has 1 N–H and O–H groups in total. The third-order valence-corrected chi connectivity index (χ3v) is 3.67. The number of nitrogens with zero attached hydrogens (tertiary/aromatic N) is 2. The Balaban J connectivity index is 3.08. The number of carbonyl (C=O) groups is 1. The molecule has 0 aliphatic carbocycles. The fourth-order valence-electron chi connectivity index (χ4n) is 1.68. The predicted molar refractivity (Wildman–Crippen MR) is 71.2 cm³/mol. The van der Waals surface area contributed by atoms with E-state index in [0.717, 1.165) is 18.1 Å². The van der Waals surface area contributed by atoms with Gasteiger partial charge in [0.2, 0.25) is 0 Å². The van der Waals surface area contributed by atoms with Gasteiger partial charge in [0.05, 0.1) is 5.69 Å². The Morgan fingerprint density at radius 3 is 2.47 bits per heavy atom. The highest BCUT2D eigenvalue weighted by Gasteiger charge is 2.20. The number of hydrogen-bond donors (Lipinski definition) is 1. The van der Waals surface area contributed by atoms with Crippen LogP contribution >= 0.6 is 11.3 Å². The maximum atomic E-state index is 11.1. The number of anilines is 1. The van der Waals surface area contributed by atoms with E-state index in [9.17, 15) is 4.79 Å². The van der Waals surface area contributed by atoms with Crippen molar-refractivity contribution in [2.45, 2.75) is 46.6 Å². The van der Waals surface area contributed by atoms with Crippen LogP contribution in [0.2, 0.25) is 0 Å². The average Bonchev–Trinajstić information content (AvgIpc) is 2.69. The number of carboxylic acids is 1. The second-order valence-corrected chi connectivity index (χ2v) is 5.20. The molecule has 0 radical (unpaired) electrons. The molecule has 1 aromatic rings. The number of hydrogen-bond acceptors (Lipinski definition) is 4. The van der Waals surface area contributed by atoms with E-state index in [4.69, 9.17) is 5.11 Å². The van der Waals surface area contributed by atoms with Gasteiger partial charge >= 0.3 is 5.97 Å². The third-order valence-electron chi connectivity index (χ3n) is 2.55. The molecule has 0 spiro atoms. The van der Waals surface area contributed by atoms with Crippen LogP contribution in [0.1, 0.15) is 49.5 Å². The summed E-state index contributed by atoms with van der Waals surface area (Å²) in [7, 11) is 0. The molecule has 0 aromatic carbocycles. The molecule has 0 bridgehead atoms. The highest BCUT2D eigenvalue weighted by atomic mass is 32.1. The highest BCUT2D eigenvalue weighted by Crippen LogP contribution is 2.28. The quantitative estimate of drug-likeness (QED) is 0.850. The summed E-state index contributed by atoms with van der Waals surface area (Å²) in [6, 6.07) is 0.340. The number of aromatic nitrogens is 1. The standard InChI is InChI=1S/C12H20N2O2S/c1-5-7-14(8(3)4)12-13-9(6-2)10(17-12)11(15)16/h8H,5-7H2,1-4H3,(H,15,16). The molecular formula is C12H20N2O2S. The van der Waals surface area contributed by atoms with Gasteiger partial charge in [-0.3, -0.25) is 0 Å². The van der Waals surface area contributed by atoms with Gasteiger partial charge in [0.25, 0.3) is 0 Å². The number of rotatable bonds is 6. The van der Waals surface area contributed by atoms with Crippen molar-refractivity contribution in [3.8, 4) is 0 Å². The number of aromatic carboxylic acids is 1.